The van der Waals surface area contributed by atoms with E-state index < -0.39 is 0 Å². The molecule has 138 valence electrons. The summed E-state index contributed by atoms with van der Waals surface area (Å²) in [6, 6.07) is 16.5. The summed E-state index contributed by atoms with van der Waals surface area (Å²) in [5.41, 5.74) is 4.22. The van der Waals surface area contributed by atoms with Gasteiger partial charge in [-0.1, -0.05) is 36.4 Å². The highest BCUT2D eigenvalue weighted by Crippen LogP contribution is 2.24. The second-order valence-corrected chi connectivity index (χ2v) is 6.85. The van der Waals surface area contributed by atoms with Crippen LogP contribution < -0.4 is 15.4 Å². The van der Waals surface area contributed by atoms with E-state index in [1.54, 1.807) is 0 Å². The lowest BCUT2D eigenvalue weighted by Gasteiger charge is -2.20. The normalized spacial score (nSPS) is 14.3. The predicted octanol–water partition coefficient (Wildman–Crippen LogP) is 3.41. The average Bonchev–Trinajstić information content (AvgIpc) is 2.70. The fourth-order valence-electron chi connectivity index (χ4n) is 3.32. The number of carbonyl (C=O) groups is 1. The lowest BCUT2D eigenvalue weighted by atomic mass is 9.89. The summed E-state index contributed by atoms with van der Waals surface area (Å²) in [6.07, 6.45) is 4.96. The summed E-state index contributed by atoms with van der Waals surface area (Å²) in [6.45, 7) is 3.39. The van der Waals surface area contributed by atoms with Gasteiger partial charge in [-0.25, -0.2) is 0 Å². The van der Waals surface area contributed by atoms with Crippen molar-refractivity contribution in [3.63, 3.8) is 0 Å². The number of nitrogens with one attached hydrogen (secondary N) is 2. The third kappa shape index (κ3) is 5.33. The molecule has 0 saturated carbocycles. The number of benzene rings is 2. The monoisotopic (exact) mass is 352 g/mol. The highest BCUT2D eigenvalue weighted by molar-refractivity contribution is 5.78. The molecule has 0 bridgehead atoms. The van der Waals surface area contributed by atoms with E-state index in [2.05, 4.69) is 35.8 Å². The Bertz CT molecular complexity index is 715. The summed E-state index contributed by atoms with van der Waals surface area (Å²) in [5, 5.41) is 6.19. The van der Waals surface area contributed by atoms with Crippen molar-refractivity contribution in [1.29, 1.82) is 0 Å². The van der Waals surface area contributed by atoms with E-state index in [4.69, 9.17) is 4.74 Å². The molecule has 2 aromatic carbocycles. The topological polar surface area (TPSA) is 50.4 Å². The largest absolute Gasteiger partial charge is 0.492 e. The molecule has 1 aliphatic carbocycles. The van der Waals surface area contributed by atoms with Crippen molar-refractivity contribution >= 4 is 5.91 Å². The number of rotatable bonds is 8. The van der Waals surface area contributed by atoms with Gasteiger partial charge in [-0.3, -0.25) is 4.79 Å². The Labute approximate surface area is 156 Å². The van der Waals surface area contributed by atoms with Crippen molar-refractivity contribution in [1.82, 2.24) is 10.6 Å². The Morgan fingerprint density at radius 3 is 2.65 bits per heavy atom. The van der Waals surface area contributed by atoms with Crippen molar-refractivity contribution in [2.24, 2.45) is 0 Å². The van der Waals surface area contributed by atoms with Crippen LogP contribution in [-0.4, -0.2) is 25.6 Å². The first-order valence-corrected chi connectivity index (χ1v) is 9.52. The van der Waals surface area contributed by atoms with Crippen LogP contribution in [0, 0.1) is 0 Å². The fraction of sp³-hybridized carbons (Fsp3) is 0.409. The van der Waals surface area contributed by atoms with Crippen molar-refractivity contribution in [3.8, 4) is 5.75 Å². The van der Waals surface area contributed by atoms with Crippen LogP contribution in [0.2, 0.25) is 0 Å². The molecule has 1 aliphatic rings. The Balaban J connectivity index is 1.37. The molecule has 0 spiro atoms. The summed E-state index contributed by atoms with van der Waals surface area (Å²) in [7, 11) is 0. The minimum Gasteiger partial charge on any atom is -0.492 e. The minimum absolute atomic E-state index is 0.00790. The summed E-state index contributed by atoms with van der Waals surface area (Å²) in [4.78, 5) is 12.0. The molecular weight excluding hydrogens is 324 g/mol. The Morgan fingerprint density at radius 2 is 1.85 bits per heavy atom. The van der Waals surface area contributed by atoms with Gasteiger partial charge in [-0.15, -0.1) is 0 Å². The van der Waals surface area contributed by atoms with Gasteiger partial charge in [0.05, 0.1) is 13.1 Å². The van der Waals surface area contributed by atoms with E-state index in [1.807, 2.05) is 30.3 Å². The van der Waals surface area contributed by atoms with Crippen molar-refractivity contribution in [2.45, 2.75) is 38.6 Å². The fourth-order valence-corrected chi connectivity index (χ4v) is 3.32. The van der Waals surface area contributed by atoms with E-state index in [0.29, 0.717) is 19.7 Å². The molecule has 0 aromatic heterocycles. The number of carbonyl (C=O) groups excluding carboxylic acids is 1. The average molecular weight is 352 g/mol. The van der Waals surface area contributed by atoms with Crippen molar-refractivity contribution in [2.75, 3.05) is 19.7 Å². The molecule has 0 unspecified atom stereocenters. The Kier molecular flexibility index (Phi) is 6.67. The second-order valence-electron chi connectivity index (χ2n) is 6.85. The van der Waals surface area contributed by atoms with E-state index in [9.17, 15) is 4.79 Å². The van der Waals surface area contributed by atoms with Crippen molar-refractivity contribution < 1.29 is 9.53 Å². The molecular formula is C22H28N2O2. The van der Waals surface area contributed by atoms with Gasteiger partial charge in [0.1, 0.15) is 12.4 Å². The summed E-state index contributed by atoms with van der Waals surface area (Å²) < 4.78 is 5.57. The lowest BCUT2D eigenvalue weighted by Crippen LogP contribution is -2.37. The molecule has 0 heterocycles. The first kappa shape index (κ1) is 18.5. The Hall–Kier alpha value is -2.33. The number of aryl methyl sites for hydroxylation is 2. The van der Waals surface area contributed by atoms with Gasteiger partial charge in [0, 0.05) is 6.04 Å². The van der Waals surface area contributed by atoms with E-state index in [1.165, 1.54) is 42.4 Å². The van der Waals surface area contributed by atoms with Crippen LogP contribution in [0.25, 0.3) is 0 Å². The van der Waals surface area contributed by atoms with Gasteiger partial charge in [-0.05, 0) is 61.4 Å². The van der Waals surface area contributed by atoms with Gasteiger partial charge in [0.25, 0.3) is 0 Å². The van der Waals surface area contributed by atoms with Crippen LogP contribution in [0.15, 0.2) is 48.5 Å². The van der Waals surface area contributed by atoms with Gasteiger partial charge < -0.3 is 15.4 Å². The SMILES string of the molecule is C[C@@H](NCC(=O)NCCOc1ccccc1)c1ccc2c(c1)CCCC2. The molecule has 4 heteroatoms. The quantitative estimate of drug-likeness (QED) is 0.716. The van der Waals surface area contributed by atoms with Gasteiger partial charge >= 0.3 is 0 Å². The molecule has 1 atom stereocenters. The molecule has 2 aromatic rings. The third-order valence-electron chi connectivity index (χ3n) is 4.88. The minimum atomic E-state index is -0.00790. The van der Waals surface area contributed by atoms with Gasteiger partial charge in [0.15, 0.2) is 0 Å². The third-order valence-corrected chi connectivity index (χ3v) is 4.88. The van der Waals surface area contributed by atoms with Crippen molar-refractivity contribution in [3.05, 3.63) is 65.2 Å². The standard InChI is InChI=1S/C22H28N2O2/c1-17(19-12-11-18-7-5-6-8-20(18)15-19)24-16-22(25)23-13-14-26-21-9-3-2-4-10-21/h2-4,9-12,15,17,24H,5-8,13-14,16H2,1H3,(H,23,25)/t17-/m1/s1. The number of para-hydroxylation sites is 1. The zero-order chi connectivity index (χ0) is 18.2. The molecule has 0 saturated heterocycles. The summed E-state index contributed by atoms with van der Waals surface area (Å²) in [5.74, 6) is 0.812. The van der Waals surface area contributed by atoms with Crippen LogP contribution in [0.4, 0.5) is 0 Å². The number of hydrogen-bond donors (Lipinski definition) is 2. The smallest absolute Gasteiger partial charge is 0.234 e. The molecule has 0 radical (unpaired) electrons. The zero-order valence-corrected chi connectivity index (χ0v) is 15.5. The number of amides is 1. The maximum Gasteiger partial charge on any atom is 0.234 e. The molecule has 0 aliphatic heterocycles. The van der Waals surface area contributed by atoms with E-state index in [-0.39, 0.29) is 11.9 Å². The molecule has 0 fully saturated rings. The molecule has 3 rings (SSSR count). The number of fused-ring (bicyclic) bond motifs is 1. The van der Waals surface area contributed by atoms with Crippen LogP contribution in [-0.2, 0) is 17.6 Å². The van der Waals surface area contributed by atoms with Gasteiger partial charge in [0.2, 0.25) is 5.91 Å². The highest BCUT2D eigenvalue weighted by Gasteiger charge is 2.13. The van der Waals surface area contributed by atoms with Crippen LogP contribution in [0.5, 0.6) is 5.75 Å². The first-order valence-electron chi connectivity index (χ1n) is 9.52. The number of hydrogen-bond acceptors (Lipinski definition) is 3. The molecule has 26 heavy (non-hydrogen) atoms. The molecule has 2 N–H and O–H groups in total. The van der Waals surface area contributed by atoms with E-state index in [0.717, 1.165) is 5.75 Å². The maximum absolute atomic E-state index is 12.0. The second kappa shape index (κ2) is 9.39. The van der Waals surface area contributed by atoms with Crippen LogP contribution >= 0.6 is 0 Å². The Morgan fingerprint density at radius 1 is 1.08 bits per heavy atom. The highest BCUT2D eigenvalue weighted by atomic mass is 16.5. The van der Waals surface area contributed by atoms with Crippen LogP contribution in [0.3, 0.4) is 0 Å². The first-order chi connectivity index (χ1) is 12.7. The van der Waals surface area contributed by atoms with Gasteiger partial charge in [-0.2, -0.15) is 0 Å². The zero-order valence-electron chi connectivity index (χ0n) is 15.5. The molecule has 4 nitrogen and oxygen atoms in total. The van der Waals surface area contributed by atoms with Crippen LogP contribution in [0.1, 0.15) is 42.5 Å². The summed E-state index contributed by atoms with van der Waals surface area (Å²) >= 11 is 0. The predicted molar refractivity (Wildman–Crippen MR) is 104 cm³/mol. The lowest BCUT2D eigenvalue weighted by molar-refractivity contribution is -0.120. The maximum atomic E-state index is 12.0. The van der Waals surface area contributed by atoms with E-state index >= 15 is 0 Å². The number of ether oxygens (including phenoxy) is 1. The molecule has 1 amide bonds.